The normalized spacial score (nSPS) is 27.7. The Balaban J connectivity index is 1.20. The fraction of sp³-hybridized carbons (Fsp3) is 0.524. The first kappa shape index (κ1) is 17.7. The molecule has 0 unspecified atom stereocenters. The second-order valence-corrected chi connectivity index (χ2v) is 8.07. The van der Waals surface area contributed by atoms with Gasteiger partial charge in [0.05, 0.1) is 5.56 Å². The Kier molecular flexibility index (Phi) is 4.78. The fourth-order valence-electron chi connectivity index (χ4n) is 4.87. The molecule has 4 aliphatic heterocycles. The molecule has 6 heterocycles. The van der Waals surface area contributed by atoms with Gasteiger partial charge in [-0.05, 0) is 44.0 Å². The molecule has 0 radical (unpaired) electrons. The molecule has 2 bridgehead atoms. The number of nitrogens with zero attached hydrogens (tertiary/aromatic N) is 6. The molecular formula is C21H26N6O. The van der Waals surface area contributed by atoms with Crippen molar-refractivity contribution in [2.24, 2.45) is 5.92 Å². The molecule has 28 heavy (non-hydrogen) atoms. The van der Waals surface area contributed by atoms with Crippen molar-refractivity contribution in [3.63, 3.8) is 0 Å². The van der Waals surface area contributed by atoms with Crippen LogP contribution in [0, 0.1) is 5.92 Å². The molecule has 0 aromatic carbocycles. The van der Waals surface area contributed by atoms with Crippen LogP contribution in [0.1, 0.15) is 23.2 Å². The van der Waals surface area contributed by atoms with E-state index in [-0.39, 0.29) is 5.91 Å². The molecule has 1 atom stereocenters. The van der Waals surface area contributed by atoms with Gasteiger partial charge in [0, 0.05) is 69.1 Å². The third-order valence-corrected chi connectivity index (χ3v) is 6.51. The van der Waals surface area contributed by atoms with Crippen LogP contribution in [0.3, 0.4) is 0 Å². The van der Waals surface area contributed by atoms with Crippen LogP contribution in [0.25, 0.3) is 11.4 Å². The Bertz CT molecular complexity index is 811. The van der Waals surface area contributed by atoms with Gasteiger partial charge in [-0.15, -0.1) is 0 Å². The number of rotatable bonds is 3. The molecule has 7 heteroatoms. The summed E-state index contributed by atoms with van der Waals surface area (Å²) < 4.78 is 0. The van der Waals surface area contributed by atoms with Crippen molar-refractivity contribution in [1.29, 1.82) is 0 Å². The first-order valence-electron chi connectivity index (χ1n) is 10.3. The van der Waals surface area contributed by atoms with E-state index in [0.29, 0.717) is 17.4 Å². The zero-order valence-corrected chi connectivity index (χ0v) is 16.1. The maximum Gasteiger partial charge on any atom is 0.257 e. The van der Waals surface area contributed by atoms with E-state index in [9.17, 15) is 4.79 Å². The second-order valence-electron chi connectivity index (χ2n) is 8.07. The van der Waals surface area contributed by atoms with Crippen LogP contribution in [0.15, 0.2) is 36.9 Å². The number of carbonyl (C=O) groups excluding carboxylic acids is 1. The highest BCUT2D eigenvalue weighted by Crippen LogP contribution is 2.31. The standard InChI is InChI=1S/C21H26N6O/c28-21(18-13-23-20(24-14-18)17-2-1-5-22-12-17)27-10-8-26(9-11-27)19-15-25-6-3-16(19)4-7-25/h1-2,5,12-14,16,19H,3-4,6-11,15H2/t19-/m1/s1. The van der Waals surface area contributed by atoms with Crippen molar-refractivity contribution in [2.75, 3.05) is 45.8 Å². The minimum absolute atomic E-state index is 0.0336. The average Bonchev–Trinajstić information content (AvgIpc) is 2.80. The van der Waals surface area contributed by atoms with Gasteiger partial charge in [0.1, 0.15) is 0 Å². The summed E-state index contributed by atoms with van der Waals surface area (Å²) in [4.78, 5) is 32.8. The van der Waals surface area contributed by atoms with Gasteiger partial charge >= 0.3 is 0 Å². The summed E-state index contributed by atoms with van der Waals surface area (Å²) in [6.45, 7) is 7.26. The summed E-state index contributed by atoms with van der Waals surface area (Å²) in [5.74, 6) is 1.48. The highest BCUT2D eigenvalue weighted by Gasteiger charge is 2.38. The fourth-order valence-corrected chi connectivity index (χ4v) is 4.87. The van der Waals surface area contributed by atoms with Crippen molar-refractivity contribution in [3.8, 4) is 11.4 Å². The molecule has 0 N–H and O–H groups in total. The third kappa shape index (κ3) is 3.40. The number of carbonyl (C=O) groups is 1. The Hall–Kier alpha value is -2.38. The number of piperidine rings is 3. The summed E-state index contributed by atoms with van der Waals surface area (Å²) in [6, 6.07) is 4.45. The molecule has 0 aliphatic carbocycles. The van der Waals surface area contributed by atoms with Crippen molar-refractivity contribution in [1.82, 2.24) is 29.7 Å². The molecule has 2 aromatic rings. The molecule has 2 aromatic heterocycles. The highest BCUT2D eigenvalue weighted by molar-refractivity contribution is 5.93. The van der Waals surface area contributed by atoms with E-state index in [0.717, 1.165) is 37.7 Å². The topological polar surface area (TPSA) is 65.5 Å². The Morgan fingerprint density at radius 1 is 0.964 bits per heavy atom. The summed E-state index contributed by atoms with van der Waals surface area (Å²) in [7, 11) is 0. The zero-order valence-electron chi connectivity index (χ0n) is 16.1. The number of amides is 1. The van der Waals surface area contributed by atoms with E-state index in [1.54, 1.807) is 24.8 Å². The Morgan fingerprint density at radius 3 is 2.32 bits per heavy atom. The predicted octanol–water partition coefficient (Wildman–Crippen LogP) is 1.39. The molecular weight excluding hydrogens is 352 g/mol. The highest BCUT2D eigenvalue weighted by atomic mass is 16.2. The number of pyridine rings is 1. The lowest BCUT2D eigenvalue weighted by atomic mass is 9.83. The van der Waals surface area contributed by atoms with Crippen molar-refractivity contribution >= 4 is 5.91 Å². The Labute approximate surface area is 165 Å². The minimum atomic E-state index is 0.0336. The van der Waals surface area contributed by atoms with E-state index < -0.39 is 0 Å². The predicted molar refractivity (Wildman–Crippen MR) is 106 cm³/mol. The molecule has 0 spiro atoms. The van der Waals surface area contributed by atoms with Crippen LogP contribution in [0.2, 0.25) is 0 Å². The van der Waals surface area contributed by atoms with Crippen molar-refractivity contribution in [3.05, 3.63) is 42.5 Å². The van der Waals surface area contributed by atoms with Gasteiger partial charge in [0.15, 0.2) is 5.82 Å². The van der Waals surface area contributed by atoms with E-state index in [1.807, 2.05) is 17.0 Å². The molecule has 146 valence electrons. The van der Waals surface area contributed by atoms with Gasteiger partial charge in [-0.1, -0.05) is 0 Å². The number of aromatic nitrogens is 3. The molecule has 0 saturated carbocycles. The first-order chi connectivity index (χ1) is 13.8. The van der Waals surface area contributed by atoms with E-state index in [1.165, 1.54) is 32.5 Å². The lowest BCUT2D eigenvalue weighted by molar-refractivity contribution is -0.0131. The third-order valence-electron chi connectivity index (χ3n) is 6.51. The summed E-state index contributed by atoms with van der Waals surface area (Å²) in [5, 5.41) is 0. The molecule has 4 fully saturated rings. The van der Waals surface area contributed by atoms with Crippen molar-refractivity contribution in [2.45, 2.75) is 18.9 Å². The number of hydrogen-bond acceptors (Lipinski definition) is 6. The molecule has 7 nitrogen and oxygen atoms in total. The minimum Gasteiger partial charge on any atom is -0.336 e. The molecule has 4 aliphatic rings. The maximum absolute atomic E-state index is 12.9. The van der Waals surface area contributed by atoms with Crippen LogP contribution >= 0.6 is 0 Å². The van der Waals surface area contributed by atoms with Crippen LogP contribution in [0.4, 0.5) is 0 Å². The summed E-state index contributed by atoms with van der Waals surface area (Å²) in [6.07, 6.45) is 9.39. The van der Waals surface area contributed by atoms with E-state index in [4.69, 9.17) is 0 Å². The lowest BCUT2D eigenvalue weighted by Gasteiger charge is -2.51. The smallest absolute Gasteiger partial charge is 0.257 e. The van der Waals surface area contributed by atoms with Gasteiger partial charge in [0.2, 0.25) is 0 Å². The summed E-state index contributed by atoms with van der Waals surface area (Å²) in [5.41, 5.74) is 1.41. The Morgan fingerprint density at radius 2 is 1.71 bits per heavy atom. The van der Waals surface area contributed by atoms with Gasteiger partial charge in [-0.2, -0.15) is 0 Å². The number of fused-ring (bicyclic) bond motifs is 3. The first-order valence-corrected chi connectivity index (χ1v) is 10.3. The average molecular weight is 378 g/mol. The molecule has 6 rings (SSSR count). The monoisotopic (exact) mass is 378 g/mol. The largest absolute Gasteiger partial charge is 0.336 e. The lowest BCUT2D eigenvalue weighted by Crippen LogP contribution is -2.61. The molecule has 1 amide bonds. The van der Waals surface area contributed by atoms with Gasteiger partial charge < -0.3 is 9.80 Å². The quantitative estimate of drug-likeness (QED) is 0.804. The molecule has 4 saturated heterocycles. The maximum atomic E-state index is 12.9. The van der Waals surface area contributed by atoms with Crippen LogP contribution in [-0.2, 0) is 0 Å². The van der Waals surface area contributed by atoms with Crippen LogP contribution < -0.4 is 0 Å². The zero-order chi connectivity index (χ0) is 18.9. The number of piperazine rings is 1. The SMILES string of the molecule is O=C(c1cnc(-c2cccnc2)nc1)N1CCN([C@@H]2CN3CCC2CC3)CC1. The number of hydrogen-bond donors (Lipinski definition) is 0. The van der Waals surface area contributed by atoms with Gasteiger partial charge in [-0.3, -0.25) is 14.7 Å². The summed E-state index contributed by atoms with van der Waals surface area (Å²) >= 11 is 0. The second kappa shape index (κ2) is 7.56. The van der Waals surface area contributed by atoms with Crippen LogP contribution in [-0.4, -0.2) is 87.4 Å². The van der Waals surface area contributed by atoms with E-state index in [2.05, 4.69) is 24.8 Å². The van der Waals surface area contributed by atoms with Gasteiger partial charge in [-0.25, -0.2) is 9.97 Å². The van der Waals surface area contributed by atoms with Gasteiger partial charge in [0.25, 0.3) is 5.91 Å². The van der Waals surface area contributed by atoms with E-state index >= 15 is 0 Å². The van der Waals surface area contributed by atoms with Crippen LogP contribution in [0.5, 0.6) is 0 Å². The van der Waals surface area contributed by atoms with Crippen molar-refractivity contribution < 1.29 is 4.79 Å².